The van der Waals surface area contributed by atoms with Crippen LogP contribution in [0.4, 0.5) is 23.0 Å². The van der Waals surface area contributed by atoms with Gasteiger partial charge in [0.1, 0.15) is 18.0 Å². The summed E-state index contributed by atoms with van der Waals surface area (Å²) < 4.78 is 0. The summed E-state index contributed by atoms with van der Waals surface area (Å²) in [5.74, 6) is 1.39. The zero-order chi connectivity index (χ0) is 16.1. The summed E-state index contributed by atoms with van der Waals surface area (Å²) in [5.41, 5.74) is 0.672. The number of hydrogen-bond acceptors (Lipinski definition) is 6. The summed E-state index contributed by atoms with van der Waals surface area (Å²) in [6, 6.07) is 8.64. The zero-order valence-corrected chi connectivity index (χ0v) is 12.7. The molecule has 0 unspecified atom stereocenters. The first-order chi connectivity index (χ1) is 11.2. The van der Waals surface area contributed by atoms with E-state index in [4.69, 9.17) is 0 Å². The molecule has 1 aromatic carbocycles. The number of non-ortho nitro benzene ring substituents is 1. The molecule has 7 nitrogen and oxygen atoms in total. The number of hydrogen-bond donors (Lipinski definition) is 2. The summed E-state index contributed by atoms with van der Waals surface area (Å²) in [4.78, 5) is 18.8. The lowest BCUT2D eigenvalue weighted by molar-refractivity contribution is -0.384. The Kier molecular flexibility index (Phi) is 4.65. The molecule has 0 radical (unpaired) electrons. The largest absolute Gasteiger partial charge is 0.367 e. The van der Waals surface area contributed by atoms with Crippen molar-refractivity contribution in [2.75, 3.05) is 10.6 Å². The van der Waals surface area contributed by atoms with Gasteiger partial charge in [-0.2, -0.15) is 0 Å². The lowest BCUT2D eigenvalue weighted by Gasteiger charge is -2.23. The smallest absolute Gasteiger partial charge is 0.271 e. The number of nitro groups is 1. The Balaban J connectivity index is 1.69. The number of nitrogens with one attached hydrogen (secondary N) is 2. The van der Waals surface area contributed by atoms with E-state index in [9.17, 15) is 10.1 Å². The van der Waals surface area contributed by atoms with Gasteiger partial charge in [0, 0.05) is 29.9 Å². The molecule has 1 saturated carbocycles. The van der Waals surface area contributed by atoms with Crippen LogP contribution < -0.4 is 10.6 Å². The van der Waals surface area contributed by atoms with Gasteiger partial charge in [0.2, 0.25) is 0 Å². The Morgan fingerprint density at radius 3 is 2.65 bits per heavy atom. The predicted octanol–water partition coefficient (Wildman–Crippen LogP) is 3.87. The third kappa shape index (κ3) is 4.15. The van der Waals surface area contributed by atoms with E-state index in [0.29, 0.717) is 17.5 Å². The molecule has 1 aliphatic carbocycles. The Hall–Kier alpha value is -2.70. The molecule has 23 heavy (non-hydrogen) atoms. The summed E-state index contributed by atoms with van der Waals surface area (Å²) in [5, 5.41) is 17.3. The maximum Gasteiger partial charge on any atom is 0.271 e. The first-order valence-corrected chi connectivity index (χ1v) is 7.81. The molecule has 0 saturated heterocycles. The highest BCUT2D eigenvalue weighted by atomic mass is 16.6. The van der Waals surface area contributed by atoms with Gasteiger partial charge in [-0.3, -0.25) is 10.1 Å². The fraction of sp³-hybridized carbons (Fsp3) is 0.375. The third-order valence-electron chi connectivity index (χ3n) is 3.95. The van der Waals surface area contributed by atoms with Crippen molar-refractivity contribution in [3.05, 3.63) is 46.8 Å². The number of anilines is 3. The van der Waals surface area contributed by atoms with Crippen molar-refractivity contribution in [3.63, 3.8) is 0 Å². The van der Waals surface area contributed by atoms with E-state index in [1.165, 1.54) is 37.7 Å². The van der Waals surface area contributed by atoms with Crippen LogP contribution in [0.3, 0.4) is 0 Å². The van der Waals surface area contributed by atoms with Crippen molar-refractivity contribution in [1.82, 2.24) is 9.97 Å². The van der Waals surface area contributed by atoms with Gasteiger partial charge in [-0.15, -0.1) is 0 Å². The average molecular weight is 313 g/mol. The molecular weight excluding hydrogens is 294 g/mol. The first-order valence-electron chi connectivity index (χ1n) is 7.81. The summed E-state index contributed by atoms with van der Waals surface area (Å²) >= 11 is 0. The highest BCUT2D eigenvalue weighted by molar-refractivity contribution is 5.61. The van der Waals surface area contributed by atoms with Gasteiger partial charge in [0.05, 0.1) is 4.92 Å². The van der Waals surface area contributed by atoms with E-state index in [0.717, 1.165) is 18.7 Å². The fourth-order valence-corrected chi connectivity index (χ4v) is 2.81. The highest BCUT2D eigenvalue weighted by Gasteiger charge is 2.13. The Bertz CT molecular complexity index is 686. The third-order valence-corrected chi connectivity index (χ3v) is 3.95. The second-order valence-corrected chi connectivity index (χ2v) is 5.70. The Morgan fingerprint density at radius 1 is 1.09 bits per heavy atom. The van der Waals surface area contributed by atoms with E-state index in [2.05, 4.69) is 20.6 Å². The Morgan fingerprint density at radius 2 is 1.87 bits per heavy atom. The van der Waals surface area contributed by atoms with Crippen LogP contribution in [0.5, 0.6) is 0 Å². The monoisotopic (exact) mass is 313 g/mol. The molecular formula is C16H19N5O2. The van der Waals surface area contributed by atoms with Crippen molar-refractivity contribution in [1.29, 1.82) is 0 Å². The van der Waals surface area contributed by atoms with Gasteiger partial charge < -0.3 is 10.6 Å². The number of rotatable bonds is 5. The fourth-order valence-electron chi connectivity index (χ4n) is 2.81. The van der Waals surface area contributed by atoms with Gasteiger partial charge in [-0.1, -0.05) is 25.3 Å². The van der Waals surface area contributed by atoms with Crippen LogP contribution in [0.15, 0.2) is 36.7 Å². The Labute approximate surface area is 134 Å². The van der Waals surface area contributed by atoms with E-state index < -0.39 is 4.92 Å². The van der Waals surface area contributed by atoms with Crippen molar-refractivity contribution in [2.45, 2.75) is 38.1 Å². The topological polar surface area (TPSA) is 93.0 Å². The molecule has 2 aromatic rings. The molecule has 0 atom stereocenters. The predicted molar refractivity (Wildman–Crippen MR) is 88.9 cm³/mol. The van der Waals surface area contributed by atoms with Crippen molar-refractivity contribution < 1.29 is 4.92 Å². The van der Waals surface area contributed by atoms with Gasteiger partial charge in [0.25, 0.3) is 5.69 Å². The molecule has 7 heteroatoms. The second kappa shape index (κ2) is 7.04. The summed E-state index contributed by atoms with van der Waals surface area (Å²) in [7, 11) is 0. The van der Waals surface area contributed by atoms with E-state index in [-0.39, 0.29) is 5.69 Å². The number of aromatic nitrogens is 2. The van der Waals surface area contributed by atoms with Crippen molar-refractivity contribution in [3.8, 4) is 0 Å². The normalized spacial score (nSPS) is 15.1. The van der Waals surface area contributed by atoms with Crippen molar-refractivity contribution >= 4 is 23.0 Å². The van der Waals surface area contributed by atoms with Crippen LogP contribution in [0.1, 0.15) is 32.1 Å². The molecule has 2 N–H and O–H groups in total. The maximum absolute atomic E-state index is 10.8. The van der Waals surface area contributed by atoms with Crippen LogP contribution in [-0.4, -0.2) is 20.9 Å². The van der Waals surface area contributed by atoms with Gasteiger partial charge in [-0.05, 0) is 18.9 Å². The molecule has 0 aliphatic heterocycles. The number of nitro benzene ring substituents is 1. The number of nitrogens with zero attached hydrogens (tertiary/aromatic N) is 3. The van der Waals surface area contributed by atoms with Crippen LogP contribution in [-0.2, 0) is 0 Å². The SMILES string of the molecule is O=[N+]([O-])c1cccc(Nc2cc(NC3CCCCC3)ncn2)c1. The molecule has 1 aliphatic rings. The molecule has 1 fully saturated rings. The molecule has 120 valence electrons. The molecule has 0 amide bonds. The minimum atomic E-state index is -0.415. The summed E-state index contributed by atoms with van der Waals surface area (Å²) in [6.45, 7) is 0. The van der Waals surface area contributed by atoms with Crippen molar-refractivity contribution in [2.24, 2.45) is 0 Å². The average Bonchev–Trinajstić information content (AvgIpc) is 2.56. The van der Waals surface area contributed by atoms with Crippen LogP contribution in [0.2, 0.25) is 0 Å². The van der Waals surface area contributed by atoms with Crippen LogP contribution >= 0.6 is 0 Å². The minimum absolute atomic E-state index is 0.0459. The van der Waals surface area contributed by atoms with E-state index in [1.54, 1.807) is 12.1 Å². The molecule has 3 rings (SSSR count). The molecule has 1 aromatic heterocycles. The lowest BCUT2D eigenvalue weighted by atomic mass is 9.95. The summed E-state index contributed by atoms with van der Waals surface area (Å²) in [6.07, 6.45) is 7.63. The van der Waals surface area contributed by atoms with Gasteiger partial charge in [0.15, 0.2) is 0 Å². The van der Waals surface area contributed by atoms with Crippen LogP contribution in [0.25, 0.3) is 0 Å². The van der Waals surface area contributed by atoms with E-state index in [1.807, 2.05) is 6.07 Å². The molecule has 0 bridgehead atoms. The standard InChI is InChI=1S/C16H19N5O2/c22-21(23)14-8-4-7-13(9-14)20-16-10-15(17-11-18-16)19-12-5-2-1-3-6-12/h4,7-12H,1-3,5-6H2,(H2,17,18,19,20). The molecule has 1 heterocycles. The second-order valence-electron chi connectivity index (χ2n) is 5.70. The first kappa shape index (κ1) is 15.2. The maximum atomic E-state index is 10.8. The quantitative estimate of drug-likeness (QED) is 0.643. The van der Waals surface area contributed by atoms with Crippen LogP contribution in [0, 0.1) is 10.1 Å². The van der Waals surface area contributed by atoms with Gasteiger partial charge >= 0.3 is 0 Å². The molecule has 0 spiro atoms. The zero-order valence-electron chi connectivity index (χ0n) is 12.7. The minimum Gasteiger partial charge on any atom is -0.367 e. The highest BCUT2D eigenvalue weighted by Crippen LogP contribution is 2.23. The lowest BCUT2D eigenvalue weighted by Crippen LogP contribution is -2.22. The number of benzene rings is 1. The van der Waals surface area contributed by atoms with Gasteiger partial charge in [-0.25, -0.2) is 9.97 Å². The van der Waals surface area contributed by atoms with E-state index >= 15 is 0 Å².